The molecule has 1 aromatic rings. The summed E-state index contributed by atoms with van der Waals surface area (Å²) in [5.74, 6) is 0.332. The number of carbonyl (C=O) groups is 1. The number of hydrogen-bond donors (Lipinski definition) is 2. The first-order valence-electron chi connectivity index (χ1n) is 7.36. The summed E-state index contributed by atoms with van der Waals surface area (Å²) in [4.78, 5) is 11.2. The monoisotopic (exact) mass is 300 g/mol. The van der Waals surface area contributed by atoms with Crippen LogP contribution in [0.5, 0.6) is 0 Å². The molecule has 1 rings (SSSR count). The first kappa shape index (κ1) is 17.7. The minimum absolute atomic E-state index is 0.341. The van der Waals surface area contributed by atoms with E-state index in [2.05, 4.69) is 11.9 Å². The van der Waals surface area contributed by atoms with Crippen molar-refractivity contribution in [2.75, 3.05) is 6.54 Å². The van der Waals surface area contributed by atoms with Crippen molar-refractivity contribution in [3.8, 4) is 0 Å². The van der Waals surface area contributed by atoms with Crippen LogP contribution >= 0.6 is 0 Å². The van der Waals surface area contributed by atoms with Crippen LogP contribution in [-0.2, 0) is 16.1 Å². The van der Waals surface area contributed by atoms with Gasteiger partial charge in [0.2, 0.25) is 5.91 Å². The highest BCUT2D eigenvalue weighted by molar-refractivity contribution is 5.80. The lowest BCUT2D eigenvalue weighted by Gasteiger charge is -2.10. The van der Waals surface area contributed by atoms with Crippen molar-refractivity contribution in [2.45, 2.75) is 26.0 Å². The van der Waals surface area contributed by atoms with E-state index in [0.29, 0.717) is 25.3 Å². The summed E-state index contributed by atoms with van der Waals surface area (Å²) < 4.78 is 5.66. The number of rotatable bonds is 10. The third-order valence-electron chi connectivity index (χ3n) is 3.01. The molecule has 0 bridgehead atoms. The molecular weight excluding hydrogens is 276 g/mol. The molecule has 0 radical (unpaired) electrons. The summed E-state index contributed by atoms with van der Waals surface area (Å²) in [7, 11) is 0. The number of likely N-dealkylation sites (N-methyl/N-ethyl adjacent to an activating group) is 1. The molecule has 0 aliphatic rings. The molecule has 4 nitrogen and oxygen atoms in total. The Labute approximate surface area is 132 Å². The van der Waals surface area contributed by atoms with Gasteiger partial charge in [-0.25, -0.2) is 0 Å². The number of carbonyl (C=O) groups excluding carboxylic acids is 1. The zero-order valence-electron chi connectivity index (χ0n) is 13.0. The summed E-state index contributed by atoms with van der Waals surface area (Å²) in [6, 6.07) is 9.58. The SMILES string of the molecule is C=C/C(=C\C=C\CC(NCC)C(N)=O)OCc1ccccc1. The topological polar surface area (TPSA) is 64.3 Å². The Morgan fingerprint density at radius 1 is 1.41 bits per heavy atom. The molecule has 1 unspecified atom stereocenters. The van der Waals surface area contributed by atoms with Crippen molar-refractivity contribution in [3.63, 3.8) is 0 Å². The lowest BCUT2D eigenvalue weighted by Crippen LogP contribution is -2.40. The summed E-state index contributed by atoms with van der Waals surface area (Å²) in [6.07, 6.45) is 7.74. The Morgan fingerprint density at radius 3 is 2.73 bits per heavy atom. The van der Waals surface area contributed by atoms with Gasteiger partial charge in [-0.1, -0.05) is 56.0 Å². The fourth-order valence-corrected chi connectivity index (χ4v) is 1.84. The summed E-state index contributed by atoms with van der Waals surface area (Å²) in [5, 5.41) is 3.03. The molecule has 0 saturated heterocycles. The van der Waals surface area contributed by atoms with E-state index in [1.54, 1.807) is 6.08 Å². The van der Waals surface area contributed by atoms with Gasteiger partial charge in [0.1, 0.15) is 12.4 Å². The van der Waals surface area contributed by atoms with E-state index in [4.69, 9.17) is 10.5 Å². The number of amides is 1. The number of allylic oxidation sites excluding steroid dienone is 3. The van der Waals surface area contributed by atoms with Crippen LogP contribution in [0.25, 0.3) is 0 Å². The maximum Gasteiger partial charge on any atom is 0.234 e. The van der Waals surface area contributed by atoms with Gasteiger partial charge in [-0.3, -0.25) is 4.79 Å². The molecule has 0 aliphatic heterocycles. The normalized spacial score (nSPS) is 13.0. The minimum Gasteiger partial charge on any atom is -0.489 e. The van der Waals surface area contributed by atoms with Gasteiger partial charge in [0.05, 0.1) is 6.04 Å². The highest BCUT2D eigenvalue weighted by Crippen LogP contribution is 2.07. The van der Waals surface area contributed by atoms with E-state index < -0.39 is 0 Å². The molecule has 4 heteroatoms. The average molecular weight is 300 g/mol. The van der Waals surface area contributed by atoms with E-state index in [1.165, 1.54) is 0 Å². The van der Waals surface area contributed by atoms with Crippen LogP contribution in [0.4, 0.5) is 0 Å². The van der Waals surface area contributed by atoms with Crippen LogP contribution in [-0.4, -0.2) is 18.5 Å². The van der Waals surface area contributed by atoms with Crippen molar-refractivity contribution < 1.29 is 9.53 Å². The van der Waals surface area contributed by atoms with Gasteiger partial charge >= 0.3 is 0 Å². The van der Waals surface area contributed by atoms with Gasteiger partial charge in [0.15, 0.2) is 0 Å². The fraction of sp³-hybridized carbons (Fsp3) is 0.278. The van der Waals surface area contributed by atoms with Crippen molar-refractivity contribution >= 4 is 5.91 Å². The molecule has 0 fully saturated rings. The molecule has 0 aliphatic carbocycles. The van der Waals surface area contributed by atoms with Gasteiger partial charge in [0.25, 0.3) is 0 Å². The summed E-state index contributed by atoms with van der Waals surface area (Å²) >= 11 is 0. The Bertz CT molecular complexity index is 521. The van der Waals surface area contributed by atoms with Crippen LogP contribution in [0.15, 0.2) is 67.0 Å². The molecule has 1 amide bonds. The predicted octanol–water partition coefficient (Wildman–Crippen LogP) is 2.68. The fourth-order valence-electron chi connectivity index (χ4n) is 1.84. The molecule has 118 valence electrons. The summed E-state index contributed by atoms with van der Waals surface area (Å²) in [6.45, 7) is 6.87. The van der Waals surface area contributed by atoms with E-state index in [1.807, 2.05) is 55.5 Å². The molecule has 22 heavy (non-hydrogen) atoms. The van der Waals surface area contributed by atoms with Crippen LogP contribution in [0.1, 0.15) is 18.9 Å². The van der Waals surface area contributed by atoms with E-state index in [9.17, 15) is 4.79 Å². The third-order valence-corrected chi connectivity index (χ3v) is 3.01. The quantitative estimate of drug-likeness (QED) is 0.516. The van der Waals surface area contributed by atoms with E-state index >= 15 is 0 Å². The zero-order valence-corrected chi connectivity index (χ0v) is 13.0. The van der Waals surface area contributed by atoms with Crippen LogP contribution < -0.4 is 11.1 Å². The van der Waals surface area contributed by atoms with Crippen LogP contribution in [0.2, 0.25) is 0 Å². The average Bonchev–Trinajstić information content (AvgIpc) is 2.53. The van der Waals surface area contributed by atoms with Crippen molar-refractivity contribution in [2.24, 2.45) is 5.73 Å². The second kappa shape index (κ2) is 10.4. The van der Waals surface area contributed by atoms with Gasteiger partial charge in [-0.15, -0.1) is 0 Å². The Balaban J connectivity index is 2.48. The van der Waals surface area contributed by atoms with Gasteiger partial charge < -0.3 is 15.8 Å². The molecule has 3 N–H and O–H groups in total. The van der Waals surface area contributed by atoms with Crippen molar-refractivity contribution in [1.82, 2.24) is 5.32 Å². The minimum atomic E-state index is -0.347. The first-order chi connectivity index (χ1) is 10.7. The molecule has 0 saturated carbocycles. The predicted molar refractivity (Wildman–Crippen MR) is 89.9 cm³/mol. The highest BCUT2D eigenvalue weighted by Gasteiger charge is 2.10. The lowest BCUT2D eigenvalue weighted by atomic mass is 10.2. The Hall–Kier alpha value is -2.33. The van der Waals surface area contributed by atoms with E-state index in [-0.39, 0.29) is 11.9 Å². The molecule has 0 aromatic heterocycles. The standard InChI is InChI=1S/C18H24N2O2/c1-3-16(22-14-15-10-6-5-7-11-15)12-8-9-13-17(18(19)21)20-4-2/h3,5-12,17,20H,1,4,13-14H2,2H3,(H2,19,21)/b9-8+,16-12+. The number of nitrogens with two attached hydrogens (primary N) is 1. The largest absolute Gasteiger partial charge is 0.489 e. The van der Waals surface area contributed by atoms with Crippen molar-refractivity contribution in [3.05, 3.63) is 72.5 Å². The zero-order chi connectivity index (χ0) is 16.2. The molecule has 1 atom stereocenters. The number of primary amides is 1. The van der Waals surface area contributed by atoms with Gasteiger partial charge in [0, 0.05) is 0 Å². The second-order valence-electron chi connectivity index (χ2n) is 4.72. The second-order valence-corrected chi connectivity index (χ2v) is 4.72. The molecular formula is C18H24N2O2. The lowest BCUT2D eigenvalue weighted by molar-refractivity contribution is -0.119. The molecule has 1 aromatic carbocycles. The van der Waals surface area contributed by atoms with E-state index in [0.717, 1.165) is 5.56 Å². The third kappa shape index (κ3) is 6.90. The molecule has 0 spiro atoms. The van der Waals surface area contributed by atoms with Gasteiger partial charge in [-0.05, 0) is 30.7 Å². The first-order valence-corrected chi connectivity index (χ1v) is 7.36. The van der Waals surface area contributed by atoms with Crippen LogP contribution in [0.3, 0.4) is 0 Å². The molecule has 0 heterocycles. The number of benzene rings is 1. The van der Waals surface area contributed by atoms with Crippen LogP contribution in [0, 0.1) is 0 Å². The Morgan fingerprint density at radius 2 is 2.14 bits per heavy atom. The van der Waals surface area contributed by atoms with Crippen molar-refractivity contribution in [1.29, 1.82) is 0 Å². The number of hydrogen-bond acceptors (Lipinski definition) is 3. The summed E-state index contributed by atoms with van der Waals surface area (Å²) in [5.41, 5.74) is 6.41. The maximum atomic E-state index is 11.2. The van der Waals surface area contributed by atoms with Gasteiger partial charge in [-0.2, -0.15) is 0 Å². The number of ether oxygens (including phenoxy) is 1. The maximum absolute atomic E-state index is 11.2. The Kier molecular flexibility index (Phi) is 8.38. The highest BCUT2D eigenvalue weighted by atomic mass is 16.5. The number of nitrogens with one attached hydrogen (secondary N) is 1. The smallest absolute Gasteiger partial charge is 0.234 e.